The van der Waals surface area contributed by atoms with Crippen LogP contribution in [0.4, 0.5) is 0 Å². The predicted octanol–water partition coefficient (Wildman–Crippen LogP) is -8.86. The van der Waals surface area contributed by atoms with Crippen molar-refractivity contribution in [2.24, 2.45) is 46.2 Å². The Morgan fingerprint density at radius 1 is 0.558 bits per heavy atom. The summed E-state index contributed by atoms with van der Waals surface area (Å²) in [7, 11) is -4.67. The Hall–Kier alpha value is -5.75. The van der Waals surface area contributed by atoms with Gasteiger partial charge in [0.25, 0.3) is 0 Å². The van der Waals surface area contributed by atoms with E-state index in [9.17, 15) is 58.2 Å². The van der Waals surface area contributed by atoms with Gasteiger partial charge in [0, 0.05) is 6.54 Å². The molecule has 0 aromatic rings. The Morgan fingerprint density at radius 3 is 1.32 bits per heavy atom. The molecule has 32 nitrogen and oxygen atoms in total. The topological polar surface area (TPSA) is 562 Å². The number of hydrogen-bond donors (Lipinski definition) is 20. The summed E-state index contributed by atoms with van der Waals surface area (Å²) in [6.07, 6.45) is -3.96. The van der Waals surface area contributed by atoms with E-state index < -0.39 is 155 Å². The lowest BCUT2D eigenvalue weighted by molar-refractivity contribution is -0.136. The van der Waals surface area contributed by atoms with E-state index in [1.165, 1.54) is 13.8 Å². The molecule has 0 unspecified atom stereocenters. The van der Waals surface area contributed by atoms with E-state index in [1.54, 1.807) is 27.7 Å². The number of amides is 10. The molecule has 0 aliphatic carbocycles. The molecule has 0 saturated carbocycles. The smallest absolute Gasteiger partial charge is 0.391 e. The quantitative estimate of drug-likeness (QED) is 0.0448. The van der Waals surface area contributed by atoms with Crippen molar-refractivity contribution in [3.05, 3.63) is 0 Å². The van der Waals surface area contributed by atoms with E-state index in [0.29, 0.717) is 0 Å². The first-order valence-electron chi connectivity index (χ1n) is 25.2. The first-order valence-corrected chi connectivity index (χ1v) is 26.6. The molecule has 0 aromatic heterocycles. The highest BCUT2D eigenvalue weighted by Crippen LogP contribution is 2.12. The van der Waals surface area contributed by atoms with E-state index in [-0.39, 0.29) is 89.5 Å². The summed E-state index contributed by atoms with van der Waals surface area (Å²) < 4.78 is 31.6. The van der Waals surface area contributed by atoms with Gasteiger partial charge in [0.2, 0.25) is 59.1 Å². The minimum atomic E-state index is -4.67. The van der Waals surface area contributed by atoms with Crippen molar-refractivity contribution in [1.29, 1.82) is 0 Å². The van der Waals surface area contributed by atoms with Crippen LogP contribution in [0.5, 0.6) is 0 Å². The highest BCUT2D eigenvalue weighted by atomic mass is 32.3. The summed E-state index contributed by atoms with van der Waals surface area (Å²) in [5.41, 5.74) is 34.6. The predicted molar refractivity (Wildman–Crippen MR) is 278 cm³/mol. The molecule has 444 valence electrons. The fraction of sp³-hybridized carbons (Fsp3) is 0.773. The summed E-state index contributed by atoms with van der Waals surface area (Å²) in [5.74, 6) is -9.40. The van der Waals surface area contributed by atoms with Crippen LogP contribution < -0.4 is 87.6 Å². The molecule has 77 heavy (non-hydrogen) atoms. The SMILES string of the molecule is CC(C)C[C@@H]1NC(=O)[C@H](CCN)NC(=O)[C@@H](NC(=O)[C@H](CCN)NC(=O)[C@@H](NC(=O)[C@@H](N)CCN)[C@@H](C)O)CCNC(=O)[C@H]([C@@H](C)O)NC(=O)[C@H](CCN)NC(=O)[C@H](CCN)NC(=O)[C@@H](CC(C)C)NC1=O.O=S(=O)(O)O. The second kappa shape index (κ2) is 36.4. The number of nitrogens with two attached hydrogens (primary N) is 6. The number of nitrogens with one attached hydrogen (secondary N) is 10. The highest BCUT2D eigenvalue weighted by Gasteiger charge is 2.37. The zero-order chi connectivity index (χ0) is 59.3. The van der Waals surface area contributed by atoms with Crippen molar-refractivity contribution in [2.75, 3.05) is 39.3 Å². The number of aliphatic hydroxyl groups excluding tert-OH is 2. The molecular formula is C44H86N16O16S. The number of carbonyl (C=O) groups excluding carboxylic acids is 10. The molecule has 26 N–H and O–H groups in total. The zero-order valence-electron chi connectivity index (χ0n) is 44.5. The van der Waals surface area contributed by atoms with Gasteiger partial charge < -0.3 is 97.8 Å². The molecule has 0 bridgehead atoms. The van der Waals surface area contributed by atoms with Crippen LogP contribution >= 0.6 is 0 Å². The van der Waals surface area contributed by atoms with Crippen LogP contribution in [0.2, 0.25) is 0 Å². The van der Waals surface area contributed by atoms with Gasteiger partial charge in [-0.2, -0.15) is 8.42 Å². The van der Waals surface area contributed by atoms with Crippen molar-refractivity contribution in [3.63, 3.8) is 0 Å². The lowest BCUT2D eigenvalue weighted by Crippen LogP contribution is -2.61. The molecule has 1 saturated heterocycles. The number of rotatable bonds is 22. The summed E-state index contributed by atoms with van der Waals surface area (Å²) >= 11 is 0. The molecular weight excluding hydrogens is 1040 g/mol. The fourth-order valence-corrected chi connectivity index (χ4v) is 7.40. The lowest BCUT2D eigenvalue weighted by Gasteiger charge is -2.29. The molecule has 1 rings (SSSR count). The molecule has 10 amide bonds. The van der Waals surface area contributed by atoms with E-state index in [1.807, 2.05) is 0 Å². The molecule has 0 radical (unpaired) electrons. The third kappa shape index (κ3) is 28.4. The summed E-state index contributed by atoms with van der Waals surface area (Å²) in [6.45, 7) is 8.59. The zero-order valence-corrected chi connectivity index (χ0v) is 45.4. The fourth-order valence-electron chi connectivity index (χ4n) is 7.40. The molecule has 1 fully saturated rings. The summed E-state index contributed by atoms with van der Waals surface area (Å²) in [4.78, 5) is 137. The van der Waals surface area contributed by atoms with Gasteiger partial charge in [-0.3, -0.25) is 57.1 Å². The van der Waals surface area contributed by atoms with Crippen LogP contribution in [0, 0.1) is 11.8 Å². The minimum Gasteiger partial charge on any atom is -0.391 e. The Kier molecular flexibility index (Phi) is 33.6. The molecule has 0 spiro atoms. The monoisotopic (exact) mass is 1130 g/mol. The molecule has 33 heteroatoms. The van der Waals surface area contributed by atoms with Crippen molar-refractivity contribution < 1.29 is 75.7 Å². The van der Waals surface area contributed by atoms with Crippen LogP contribution in [-0.2, 0) is 58.3 Å². The maximum atomic E-state index is 14.3. The van der Waals surface area contributed by atoms with Crippen molar-refractivity contribution in [3.8, 4) is 0 Å². The Morgan fingerprint density at radius 2 is 0.948 bits per heavy atom. The van der Waals surface area contributed by atoms with Crippen molar-refractivity contribution in [2.45, 2.75) is 166 Å². The molecule has 0 aromatic carbocycles. The largest absolute Gasteiger partial charge is 0.394 e. The normalized spacial score (nSPS) is 23.8. The molecule has 1 aliphatic rings. The van der Waals surface area contributed by atoms with Gasteiger partial charge in [-0.05, 0) is 110 Å². The Labute approximate surface area is 448 Å². The van der Waals surface area contributed by atoms with E-state index in [2.05, 4.69) is 53.2 Å². The van der Waals surface area contributed by atoms with Gasteiger partial charge in [0.05, 0.1) is 18.2 Å². The minimum absolute atomic E-state index is 0.0514. The van der Waals surface area contributed by atoms with Gasteiger partial charge in [0.15, 0.2) is 0 Å². The second-order valence-electron chi connectivity index (χ2n) is 19.2. The van der Waals surface area contributed by atoms with E-state index in [0.717, 1.165) is 0 Å². The van der Waals surface area contributed by atoms with Crippen molar-refractivity contribution in [1.82, 2.24) is 53.2 Å². The Balaban J connectivity index is 0.0000110. The maximum absolute atomic E-state index is 14.3. The van der Waals surface area contributed by atoms with Gasteiger partial charge >= 0.3 is 10.4 Å². The summed E-state index contributed by atoms with van der Waals surface area (Å²) in [6, 6.07) is -14.2. The average molecular weight is 1130 g/mol. The second-order valence-corrected chi connectivity index (χ2v) is 20.1. The lowest BCUT2D eigenvalue weighted by atomic mass is 9.99. The van der Waals surface area contributed by atoms with Crippen LogP contribution in [-0.4, -0.2) is 199 Å². The van der Waals surface area contributed by atoms with Crippen LogP contribution in [0.15, 0.2) is 0 Å². The van der Waals surface area contributed by atoms with Crippen molar-refractivity contribution >= 4 is 69.5 Å². The molecule has 1 heterocycles. The third-order valence-corrected chi connectivity index (χ3v) is 11.3. The summed E-state index contributed by atoms with van der Waals surface area (Å²) in [5, 5.41) is 46.2. The van der Waals surface area contributed by atoms with Gasteiger partial charge in [-0.25, -0.2) is 0 Å². The number of aliphatic hydroxyl groups is 2. The average Bonchev–Trinajstić information content (AvgIpc) is 3.31. The van der Waals surface area contributed by atoms with Crippen LogP contribution in [0.3, 0.4) is 0 Å². The van der Waals surface area contributed by atoms with E-state index >= 15 is 0 Å². The number of carbonyl (C=O) groups is 10. The first-order chi connectivity index (χ1) is 35.8. The standard InChI is InChI=1S/C44H84N16O12.H2O4S/c1-21(2)19-31-41(69)54-26(8-14-46)36(64)53-29(11-17-49)40(68)60-33(23(5)61)43(71)51-18-12-30(39(67)52-27(9-15-47)38(66)57-32(20-22(3)4)42(70)58-31)55-37(65)28(10-16-48)56-44(72)34(24(6)62)59-35(63)25(50)7-13-45;1-5(2,3)4/h21-34,61-62H,7-20,45-50H2,1-6H3,(H,51,71)(H,52,67)(H,53,64)(H,54,69)(H,55,65)(H,56,72)(H,57,66)(H,58,70)(H,59,63)(H,60,68);(H2,1,2,3,4)/t23-,24-,25+,26+,27+,28+,29+,30+,31-,32+,33+,34+;/m1./s1. The van der Waals surface area contributed by atoms with E-state index in [4.69, 9.17) is 51.9 Å². The Bertz CT molecular complexity index is 2050. The maximum Gasteiger partial charge on any atom is 0.394 e. The van der Waals surface area contributed by atoms with Crippen LogP contribution in [0.25, 0.3) is 0 Å². The van der Waals surface area contributed by atoms with Gasteiger partial charge in [-0.15, -0.1) is 0 Å². The molecule has 1 aliphatic heterocycles. The molecule has 12 atom stereocenters. The van der Waals surface area contributed by atoms with Crippen LogP contribution in [0.1, 0.15) is 92.9 Å². The highest BCUT2D eigenvalue weighted by molar-refractivity contribution is 7.79. The first kappa shape index (κ1) is 71.2. The van der Waals surface area contributed by atoms with Gasteiger partial charge in [0.1, 0.15) is 54.4 Å². The third-order valence-electron chi connectivity index (χ3n) is 11.3. The number of hydrogen-bond acceptors (Lipinski definition) is 20. The van der Waals surface area contributed by atoms with Gasteiger partial charge in [-0.1, -0.05) is 27.7 Å².